The molecule has 0 atom stereocenters. The highest BCUT2D eigenvalue weighted by atomic mass is 15.0. The van der Waals surface area contributed by atoms with Crippen molar-refractivity contribution in [2.45, 2.75) is 6.92 Å². The van der Waals surface area contributed by atoms with Gasteiger partial charge in [0, 0.05) is 32.9 Å². The van der Waals surface area contributed by atoms with Gasteiger partial charge in [-0.25, -0.2) is 0 Å². The van der Waals surface area contributed by atoms with Crippen LogP contribution in [0.25, 0.3) is 82.5 Å². The Kier molecular flexibility index (Phi) is 6.88. The van der Waals surface area contributed by atoms with Gasteiger partial charge >= 0.3 is 0 Å². The zero-order chi connectivity index (χ0) is 32.9. The Labute approximate surface area is 285 Å². The number of fused-ring (bicyclic) bond motifs is 7. The van der Waals surface area contributed by atoms with Crippen LogP contribution in [0.1, 0.15) is 12.5 Å². The molecule has 0 radical (unpaired) electrons. The van der Waals surface area contributed by atoms with E-state index in [9.17, 15) is 0 Å². The zero-order valence-corrected chi connectivity index (χ0v) is 27.3. The van der Waals surface area contributed by atoms with Crippen LogP contribution in [0.3, 0.4) is 0 Å². The molecular weight excluding hydrogens is 593 g/mol. The van der Waals surface area contributed by atoms with Crippen LogP contribution < -0.4 is 0 Å². The Hall–Kier alpha value is -6.38. The van der Waals surface area contributed by atoms with E-state index in [0.29, 0.717) is 0 Å². The Morgan fingerprint density at radius 1 is 0.531 bits per heavy atom. The molecule has 0 N–H and O–H groups in total. The quantitative estimate of drug-likeness (QED) is 0.163. The van der Waals surface area contributed by atoms with Crippen LogP contribution in [0, 0.1) is 0 Å². The van der Waals surface area contributed by atoms with Crippen LogP contribution in [0.2, 0.25) is 0 Å². The molecule has 0 aliphatic rings. The van der Waals surface area contributed by atoms with Crippen LogP contribution >= 0.6 is 0 Å². The molecule has 232 valence electrons. The summed E-state index contributed by atoms with van der Waals surface area (Å²) in [6.07, 6.45) is 6.33. The van der Waals surface area contributed by atoms with Crippen molar-refractivity contribution in [1.29, 1.82) is 0 Å². The van der Waals surface area contributed by atoms with Crippen molar-refractivity contribution in [3.05, 3.63) is 188 Å². The third kappa shape index (κ3) is 4.72. The van der Waals surface area contributed by atoms with Gasteiger partial charge in [-0.1, -0.05) is 128 Å². The van der Waals surface area contributed by atoms with E-state index in [1.54, 1.807) is 0 Å². The second-order valence-corrected chi connectivity index (χ2v) is 12.7. The molecule has 7 aromatic carbocycles. The van der Waals surface area contributed by atoms with Gasteiger partial charge in [0.2, 0.25) is 0 Å². The number of para-hydroxylation sites is 2. The first-order chi connectivity index (χ1) is 24.2. The van der Waals surface area contributed by atoms with Crippen LogP contribution in [-0.4, -0.2) is 9.13 Å². The summed E-state index contributed by atoms with van der Waals surface area (Å²) in [6.45, 7) is 6.36. The Morgan fingerprint density at radius 2 is 1.14 bits per heavy atom. The van der Waals surface area contributed by atoms with E-state index in [2.05, 4.69) is 193 Å². The van der Waals surface area contributed by atoms with Gasteiger partial charge in [0.25, 0.3) is 0 Å². The van der Waals surface area contributed by atoms with Crippen LogP contribution in [-0.2, 0) is 0 Å². The maximum Gasteiger partial charge on any atom is 0.0562 e. The standard InChI is InChI=1S/C47H34N2/c1-3-16-37(27-32(2)38-23-12-13-24-39(38)33-17-6-4-7-18-33)49-44-26-15-14-25-40(44)42-30-43-41-28-34-19-10-11-20-35(34)29-45(41)48(47(43)31-46(42)49)36-21-8-5-9-22-36/h3-31H,1H2,2H3/b32-27+,37-16+. The van der Waals surface area contributed by atoms with Gasteiger partial charge in [-0.3, -0.25) is 0 Å². The van der Waals surface area contributed by atoms with Crippen molar-refractivity contribution >= 4 is 65.7 Å². The molecule has 49 heavy (non-hydrogen) atoms. The summed E-state index contributed by atoms with van der Waals surface area (Å²) in [5.41, 5.74) is 11.8. The summed E-state index contributed by atoms with van der Waals surface area (Å²) in [4.78, 5) is 0. The predicted molar refractivity (Wildman–Crippen MR) is 211 cm³/mol. The number of nitrogens with zero attached hydrogens (tertiary/aromatic N) is 2. The molecule has 0 spiro atoms. The SMILES string of the molecule is C=C/C=C(\C=C(/C)c1ccccc1-c1ccccc1)n1c2ccccc2c2cc3c4cc5ccccc5cc4n(-c4ccccc4)c3cc21. The minimum absolute atomic E-state index is 1.06. The van der Waals surface area contributed by atoms with Gasteiger partial charge in [0.1, 0.15) is 0 Å². The summed E-state index contributed by atoms with van der Waals surface area (Å²) in [5, 5.41) is 7.45. The largest absolute Gasteiger partial charge is 0.309 e. The smallest absolute Gasteiger partial charge is 0.0562 e. The molecule has 2 heteroatoms. The van der Waals surface area contributed by atoms with E-state index in [0.717, 1.165) is 16.9 Å². The molecule has 0 saturated heterocycles. The summed E-state index contributed by atoms with van der Waals surface area (Å²) in [5.74, 6) is 0. The van der Waals surface area contributed by atoms with E-state index >= 15 is 0 Å². The molecule has 9 aromatic rings. The molecule has 0 fully saturated rings. The van der Waals surface area contributed by atoms with Crippen LogP contribution in [0.15, 0.2) is 183 Å². The van der Waals surface area contributed by atoms with Crippen molar-refractivity contribution in [2.75, 3.05) is 0 Å². The number of aromatic nitrogens is 2. The lowest BCUT2D eigenvalue weighted by atomic mass is 9.94. The van der Waals surface area contributed by atoms with Crippen molar-refractivity contribution < 1.29 is 0 Å². The number of hydrogen-bond acceptors (Lipinski definition) is 0. The molecule has 2 nitrogen and oxygen atoms in total. The molecule has 2 heterocycles. The van der Waals surface area contributed by atoms with Crippen molar-refractivity contribution in [3.63, 3.8) is 0 Å². The summed E-state index contributed by atoms with van der Waals surface area (Å²) >= 11 is 0. The molecular formula is C47H34N2. The average Bonchev–Trinajstić information content (AvgIpc) is 3.64. The van der Waals surface area contributed by atoms with E-state index < -0.39 is 0 Å². The highest BCUT2D eigenvalue weighted by molar-refractivity contribution is 6.21. The second-order valence-electron chi connectivity index (χ2n) is 12.7. The number of allylic oxidation sites excluding steroid dienone is 5. The van der Waals surface area contributed by atoms with Crippen molar-refractivity contribution in [2.24, 2.45) is 0 Å². The number of benzene rings is 7. The van der Waals surface area contributed by atoms with E-state index in [-0.39, 0.29) is 0 Å². The maximum absolute atomic E-state index is 4.15. The first-order valence-electron chi connectivity index (χ1n) is 16.8. The molecule has 2 aromatic heterocycles. The van der Waals surface area contributed by atoms with Gasteiger partial charge in [-0.05, 0) is 94.6 Å². The van der Waals surface area contributed by atoms with E-state index in [4.69, 9.17) is 0 Å². The fourth-order valence-corrected chi connectivity index (χ4v) is 7.60. The average molecular weight is 627 g/mol. The lowest BCUT2D eigenvalue weighted by Gasteiger charge is -2.14. The lowest BCUT2D eigenvalue weighted by Crippen LogP contribution is -1.97. The third-order valence-corrected chi connectivity index (χ3v) is 9.79. The normalized spacial score (nSPS) is 12.5. The highest BCUT2D eigenvalue weighted by Gasteiger charge is 2.19. The fourth-order valence-electron chi connectivity index (χ4n) is 7.60. The molecule has 0 amide bonds. The fraction of sp³-hybridized carbons (Fsp3) is 0.0213. The lowest BCUT2D eigenvalue weighted by molar-refractivity contribution is 1.18. The third-order valence-electron chi connectivity index (χ3n) is 9.79. The Morgan fingerprint density at radius 3 is 1.94 bits per heavy atom. The molecule has 9 rings (SSSR count). The first-order valence-corrected chi connectivity index (χ1v) is 16.8. The van der Waals surface area contributed by atoms with Gasteiger partial charge in [-0.2, -0.15) is 0 Å². The number of rotatable bonds is 6. The molecule has 0 bridgehead atoms. The van der Waals surface area contributed by atoms with Gasteiger partial charge in [0.15, 0.2) is 0 Å². The molecule has 0 unspecified atom stereocenters. The Balaban J connectivity index is 1.35. The minimum atomic E-state index is 1.06. The topological polar surface area (TPSA) is 9.86 Å². The summed E-state index contributed by atoms with van der Waals surface area (Å²) < 4.78 is 4.83. The number of hydrogen-bond donors (Lipinski definition) is 0. The first kappa shape index (κ1) is 28.8. The monoisotopic (exact) mass is 626 g/mol. The van der Waals surface area contributed by atoms with Gasteiger partial charge in [-0.15, -0.1) is 0 Å². The van der Waals surface area contributed by atoms with Crippen molar-refractivity contribution in [3.8, 4) is 16.8 Å². The van der Waals surface area contributed by atoms with Gasteiger partial charge < -0.3 is 9.13 Å². The highest BCUT2D eigenvalue weighted by Crippen LogP contribution is 2.41. The molecule has 0 aliphatic heterocycles. The summed E-state index contributed by atoms with van der Waals surface area (Å²) in [7, 11) is 0. The van der Waals surface area contributed by atoms with E-state index in [1.807, 2.05) is 6.08 Å². The maximum atomic E-state index is 4.15. The summed E-state index contributed by atoms with van der Waals surface area (Å²) in [6, 6.07) is 56.9. The predicted octanol–water partition coefficient (Wildman–Crippen LogP) is 12.8. The second kappa shape index (κ2) is 11.7. The molecule has 0 saturated carbocycles. The minimum Gasteiger partial charge on any atom is -0.309 e. The van der Waals surface area contributed by atoms with Crippen LogP contribution in [0.4, 0.5) is 0 Å². The Bertz CT molecular complexity index is 2770. The van der Waals surface area contributed by atoms with E-state index in [1.165, 1.54) is 71.1 Å². The molecule has 0 aliphatic carbocycles. The van der Waals surface area contributed by atoms with Gasteiger partial charge in [0.05, 0.1) is 22.1 Å². The van der Waals surface area contributed by atoms with Crippen LogP contribution in [0.5, 0.6) is 0 Å². The zero-order valence-electron chi connectivity index (χ0n) is 27.3. The van der Waals surface area contributed by atoms with Crippen molar-refractivity contribution in [1.82, 2.24) is 9.13 Å².